The Morgan fingerprint density at radius 3 is 2.94 bits per heavy atom. The molecule has 0 aliphatic heterocycles. The number of aryl methyl sites for hydroxylation is 1. The summed E-state index contributed by atoms with van der Waals surface area (Å²) in [6.45, 7) is 8.69. The number of nitrogens with zero attached hydrogens (tertiary/aromatic N) is 1. The van der Waals surface area contributed by atoms with Gasteiger partial charge >= 0.3 is 0 Å². The first kappa shape index (κ1) is 13.3. The highest BCUT2D eigenvalue weighted by molar-refractivity contribution is 5.17. The Labute approximate surface area is 111 Å². The van der Waals surface area contributed by atoms with Gasteiger partial charge in [-0.15, -0.1) is 0 Å². The molecule has 0 saturated heterocycles. The van der Waals surface area contributed by atoms with Gasteiger partial charge in [0.15, 0.2) is 0 Å². The van der Waals surface area contributed by atoms with Gasteiger partial charge in [0.1, 0.15) is 0 Å². The fourth-order valence-corrected chi connectivity index (χ4v) is 2.94. The van der Waals surface area contributed by atoms with Crippen LogP contribution in [0.15, 0.2) is 30.0 Å². The lowest BCUT2D eigenvalue weighted by atomic mass is 9.84. The van der Waals surface area contributed by atoms with Crippen LogP contribution in [0, 0.1) is 18.8 Å². The molecule has 2 nitrogen and oxygen atoms in total. The SMILES string of the molecule is CC1=CC(C)CC(CNCc2ncccc2C)C1. The summed E-state index contributed by atoms with van der Waals surface area (Å²) in [6.07, 6.45) is 6.85. The second-order valence-corrected chi connectivity index (χ2v) is 5.69. The van der Waals surface area contributed by atoms with Gasteiger partial charge in [-0.2, -0.15) is 0 Å². The van der Waals surface area contributed by atoms with Crippen LogP contribution in [0.4, 0.5) is 0 Å². The summed E-state index contributed by atoms with van der Waals surface area (Å²) in [5.74, 6) is 1.52. The van der Waals surface area contributed by atoms with Crippen molar-refractivity contribution < 1.29 is 0 Å². The van der Waals surface area contributed by atoms with Crippen molar-refractivity contribution in [1.29, 1.82) is 0 Å². The molecule has 1 N–H and O–H groups in total. The van der Waals surface area contributed by atoms with Crippen molar-refractivity contribution in [2.75, 3.05) is 6.54 Å². The van der Waals surface area contributed by atoms with Crippen molar-refractivity contribution >= 4 is 0 Å². The fraction of sp³-hybridized carbons (Fsp3) is 0.562. The molecule has 2 heteroatoms. The van der Waals surface area contributed by atoms with Crippen molar-refractivity contribution in [2.45, 2.75) is 40.2 Å². The molecule has 2 rings (SSSR count). The maximum absolute atomic E-state index is 4.42. The van der Waals surface area contributed by atoms with E-state index in [1.54, 1.807) is 5.57 Å². The molecule has 0 saturated carbocycles. The lowest BCUT2D eigenvalue weighted by Gasteiger charge is -2.25. The highest BCUT2D eigenvalue weighted by Crippen LogP contribution is 2.27. The van der Waals surface area contributed by atoms with Crippen molar-refractivity contribution in [1.82, 2.24) is 10.3 Å². The summed E-state index contributed by atoms with van der Waals surface area (Å²) in [5.41, 5.74) is 4.00. The molecular weight excluding hydrogens is 220 g/mol. The molecule has 0 amide bonds. The highest BCUT2D eigenvalue weighted by atomic mass is 14.9. The standard InChI is InChI=1S/C16H24N2/c1-12-7-13(2)9-15(8-12)10-17-11-16-14(3)5-4-6-18-16/h4-7,12,15,17H,8-11H2,1-3H3. The molecule has 2 unspecified atom stereocenters. The van der Waals surface area contributed by atoms with Crippen molar-refractivity contribution in [3.63, 3.8) is 0 Å². The van der Waals surface area contributed by atoms with Crippen molar-refractivity contribution in [3.05, 3.63) is 41.2 Å². The van der Waals surface area contributed by atoms with Crippen LogP contribution in [0.2, 0.25) is 0 Å². The molecule has 18 heavy (non-hydrogen) atoms. The number of nitrogens with one attached hydrogen (secondary N) is 1. The second kappa shape index (κ2) is 6.14. The van der Waals surface area contributed by atoms with Gasteiger partial charge in [0.05, 0.1) is 5.69 Å². The third-order valence-electron chi connectivity index (χ3n) is 3.73. The zero-order valence-electron chi connectivity index (χ0n) is 11.7. The summed E-state index contributed by atoms with van der Waals surface area (Å²) in [6, 6.07) is 4.12. The number of hydrogen-bond donors (Lipinski definition) is 1. The average molecular weight is 244 g/mol. The topological polar surface area (TPSA) is 24.9 Å². The van der Waals surface area contributed by atoms with Crippen LogP contribution in [0.25, 0.3) is 0 Å². The predicted molar refractivity (Wildman–Crippen MR) is 76.3 cm³/mol. The molecule has 0 bridgehead atoms. The third-order valence-corrected chi connectivity index (χ3v) is 3.73. The predicted octanol–water partition coefficient (Wildman–Crippen LogP) is 3.47. The van der Waals surface area contributed by atoms with Gasteiger partial charge in [-0.3, -0.25) is 4.98 Å². The summed E-state index contributed by atoms with van der Waals surface area (Å²) in [7, 11) is 0. The molecule has 1 aromatic heterocycles. The quantitative estimate of drug-likeness (QED) is 0.820. The molecule has 1 heterocycles. The van der Waals surface area contributed by atoms with Crippen LogP contribution < -0.4 is 5.32 Å². The Balaban J connectivity index is 1.80. The summed E-state index contributed by atoms with van der Waals surface area (Å²) in [4.78, 5) is 4.42. The lowest BCUT2D eigenvalue weighted by molar-refractivity contribution is 0.380. The first-order valence-electron chi connectivity index (χ1n) is 6.93. The summed E-state index contributed by atoms with van der Waals surface area (Å²) in [5, 5.41) is 3.56. The van der Waals surface area contributed by atoms with Gasteiger partial charge in [0, 0.05) is 12.7 Å². The van der Waals surface area contributed by atoms with Crippen molar-refractivity contribution in [3.8, 4) is 0 Å². The molecule has 0 aromatic carbocycles. The van der Waals surface area contributed by atoms with E-state index in [4.69, 9.17) is 0 Å². The first-order valence-corrected chi connectivity index (χ1v) is 6.93. The molecule has 0 spiro atoms. The first-order chi connectivity index (χ1) is 8.65. The zero-order valence-corrected chi connectivity index (χ0v) is 11.7. The maximum atomic E-state index is 4.42. The van der Waals surface area contributed by atoms with Gasteiger partial charge < -0.3 is 5.32 Å². The average Bonchev–Trinajstić information content (AvgIpc) is 2.30. The summed E-state index contributed by atoms with van der Waals surface area (Å²) < 4.78 is 0. The van der Waals surface area contributed by atoms with Crippen LogP contribution >= 0.6 is 0 Å². The molecule has 1 aromatic rings. The van der Waals surface area contributed by atoms with E-state index in [1.165, 1.54) is 24.1 Å². The van der Waals surface area contributed by atoms with E-state index < -0.39 is 0 Å². The zero-order chi connectivity index (χ0) is 13.0. The van der Waals surface area contributed by atoms with Crippen LogP contribution in [-0.4, -0.2) is 11.5 Å². The Morgan fingerprint density at radius 1 is 1.39 bits per heavy atom. The molecular formula is C16H24N2. The monoisotopic (exact) mass is 244 g/mol. The molecule has 1 aliphatic carbocycles. The van der Waals surface area contributed by atoms with Gasteiger partial charge in [-0.05, 0) is 56.7 Å². The molecule has 0 radical (unpaired) electrons. The van der Waals surface area contributed by atoms with E-state index in [0.717, 1.165) is 24.9 Å². The van der Waals surface area contributed by atoms with E-state index in [1.807, 2.05) is 12.3 Å². The van der Waals surface area contributed by atoms with Crippen molar-refractivity contribution in [2.24, 2.45) is 11.8 Å². The largest absolute Gasteiger partial charge is 0.311 e. The molecule has 2 atom stereocenters. The van der Waals surface area contributed by atoms with E-state index in [2.05, 4.69) is 43.2 Å². The number of hydrogen-bond acceptors (Lipinski definition) is 2. The van der Waals surface area contributed by atoms with Crippen LogP contribution in [0.3, 0.4) is 0 Å². The number of aromatic nitrogens is 1. The van der Waals surface area contributed by atoms with Gasteiger partial charge in [0.25, 0.3) is 0 Å². The maximum Gasteiger partial charge on any atom is 0.0570 e. The second-order valence-electron chi connectivity index (χ2n) is 5.69. The fourth-order valence-electron chi connectivity index (χ4n) is 2.94. The number of allylic oxidation sites excluding steroid dienone is 2. The Hall–Kier alpha value is -1.15. The number of pyridine rings is 1. The Morgan fingerprint density at radius 2 is 2.22 bits per heavy atom. The van der Waals surface area contributed by atoms with Gasteiger partial charge in [0.2, 0.25) is 0 Å². The summed E-state index contributed by atoms with van der Waals surface area (Å²) >= 11 is 0. The molecule has 1 aliphatic rings. The van der Waals surface area contributed by atoms with Crippen LogP contribution in [-0.2, 0) is 6.54 Å². The minimum absolute atomic E-state index is 0.738. The minimum Gasteiger partial charge on any atom is -0.311 e. The Kier molecular flexibility index (Phi) is 4.54. The van der Waals surface area contributed by atoms with E-state index in [0.29, 0.717) is 0 Å². The minimum atomic E-state index is 0.738. The van der Waals surface area contributed by atoms with E-state index in [9.17, 15) is 0 Å². The van der Waals surface area contributed by atoms with Gasteiger partial charge in [-0.1, -0.05) is 24.6 Å². The highest BCUT2D eigenvalue weighted by Gasteiger charge is 2.17. The van der Waals surface area contributed by atoms with Crippen LogP contribution in [0.5, 0.6) is 0 Å². The van der Waals surface area contributed by atoms with Crippen LogP contribution in [0.1, 0.15) is 37.9 Å². The van der Waals surface area contributed by atoms with E-state index >= 15 is 0 Å². The normalized spacial score (nSPS) is 23.8. The lowest BCUT2D eigenvalue weighted by Crippen LogP contribution is -2.26. The van der Waals surface area contributed by atoms with Gasteiger partial charge in [-0.25, -0.2) is 0 Å². The molecule has 98 valence electrons. The number of rotatable bonds is 4. The van der Waals surface area contributed by atoms with E-state index in [-0.39, 0.29) is 0 Å². The smallest absolute Gasteiger partial charge is 0.0570 e. The molecule has 0 fully saturated rings. The third kappa shape index (κ3) is 3.67. The Bertz CT molecular complexity index is 423.